The molecule has 1 rings (SSSR count). The Morgan fingerprint density at radius 2 is 1.82 bits per heavy atom. The van der Waals surface area contributed by atoms with Crippen LogP contribution in [-0.2, 0) is 23.9 Å². The number of esters is 1. The topological polar surface area (TPSA) is 113 Å². The fourth-order valence-corrected chi connectivity index (χ4v) is 1.19. The zero-order valence-corrected chi connectivity index (χ0v) is 9.13. The number of carbonyl (C=O) groups is 3. The molecule has 0 aliphatic carbocycles. The lowest BCUT2D eigenvalue weighted by Crippen LogP contribution is -2.21. The molecule has 1 heterocycles. The van der Waals surface area contributed by atoms with E-state index in [9.17, 15) is 14.4 Å². The van der Waals surface area contributed by atoms with Crippen LogP contribution in [0.5, 0.6) is 0 Å². The van der Waals surface area contributed by atoms with Gasteiger partial charge in [-0.15, -0.1) is 0 Å². The molecule has 0 saturated carbocycles. The van der Waals surface area contributed by atoms with Crippen molar-refractivity contribution in [2.75, 3.05) is 13.2 Å². The van der Waals surface area contributed by atoms with Crippen LogP contribution in [-0.4, -0.2) is 47.4 Å². The van der Waals surface area contributed by atoms with Crippen molar-refractivity contribution < 1.29 is 34.1 Å². The van der Waals surface area contributed by atoms with Crippen molar-refractivity contribution in [2.45, 2.75) is 19.4 Å². The van der Waals surface area contributed by atoms with E-state index in [-0.39, 0.29) is 24.7 Å². The molecule has 7 nitrogen and oxygen atoms in total. The Bertz CT molecular complexity index is 362. The van der Waals surface area contributed by atoms with Crippen molar-refractivity contribution >= 4 is 17.9 Å². The first-order valence-electron chi connectivity index (χ1n) is 4.95. The average Bonchev–Trinajstić information content (AvgIpc) is 3.04. The summed E-state index contributed by atoms with van der Waals surface area (Å²) in [6, 6.07) is 0. The van der Waals surface area contributed by atoms with Gasteiger partial charge in [0.2, 0.25) is 0 Å². The van der Waals surface area contributed by atoms with Crippen LogP contribution < -0.4 is 0 Å². The first-order valence-corrected chi connectivity index (χ1v) is 4.95. The van der Waals surface area contributed by atoms with Crippen LogP contribution in [0.2, 0.25) is 0 Å². The van der Waals surface area contributed by atoms with E-state index in [1.54, 1.807) is 0 Å². The van der Waals surface area contributed by atoms with Crippen LogP contribution in [0.15, 0.2) is 11.1 Å². The molecule has 2 N–H and O–H groups in total. The van der Waals surface area contributed by atoms with Crippen LogP contribution in [0.25, 0.3) is 0 Å². The molecule has 0 spiro atoms. The van der Waals surface area contributed by atoms with E-state index in [2.05, 4.69) is 0 Å². The summed E-state index contributed by atoms with van der Waals surface area (Å²) in [5.41, 5.74) is -1.31. The third-order valence-corrected chi connectivity index (χ3v) is 2.13. The number of ether oxygens (including phenoxy) is 2. The molecule has 0 radical (unpaired) electrons. The molecule has 0 aromatic rings. The minimum atomic E-state index is -1.66. The third-order valence-electron chi connectivity index (χ3n) is 2.13. The summed E-state index contributed by atoms with van der Waals surface area (Å²) in [5, 5.41) is 17.4. The lowest BCUT2D eigenvalue weighted by atomic mass is 10.1. The Morgan fingerprint density at radius 3 is 2.18 bits per heavy atom. The average molecular weight is 244 g/mol. The number of hydrogen-bond donors (Lipinski definition) is 2. The highest BCUT2D eigenvalue weighted by Crippen LogP contribution is 2.14. The Morgan fingerprint density at radius 1 is 1.29 bits per heavy atom. The molecule has 94 valence electrons. The number of epoxide rings is 1. The lowest BCUT2D eigenvalue weighted by molar-refractivity contribution is -0.144. The molecule has 1 saturated heterocycles. The van der Waals surface area contributed by atoms with Gasteiger partial charge >= 0.3 is 17.9 Å². The van der Waals surface area contributed by atoms with Gasteiger partial charge in [-0.05, 0) is 6.42 Å². The van der Waals surface area contributed by atoms with Crippen molar-refractivity contribution in [1.82, 2.24) is 0 Å². The summed E-state index contributed by atoms with van der Waals surface area (Å²) < 4.78 is 9.55. The second kappa shape index (κ2) is 5.44. The summed E-state index contributed by atoms with van der Waals surface area (Å²) in [6.07, 6.45) is -0.187. The molecular formula is C10H12O7. The van der Waals surface area contributed by atoms with Crippen LogP contribution in [0.4, 0.5) is 0 Å². The first kappa shape index (κ1) is 13.2. The highest BCUT2D eigenvalue weighted by molar-refractivity contribution is 6.17. The van der Waals surface area contributed by atoms with Gasteiger partial charge in [0.15, 0.2) is 5.57 Å². The second-order valence-electron chi connectivity index (χ2n) is 3.37. The predicted molar refractivity (Wildman–Crippen MR) is 53.3 cm³/mol. The van der Waals surface area contributed by atoms with E-state index in [4.69, 9.17) is 19.7 Å². The number of carboxylic acid groups (broad SMARTS) is 2. The standard InChI is InChI=1S/C10H12O7/c1-2-6(7(8(11)12)9(13)14)10(15)17-4-5-3-16-5/h5H,2-4H2,1H3,(H,11,12)(H,13,14). The molecule has 1 aliphatic rings. The van der Waals surface area contributed by atoms with Gasteiger partial charge in [0.05, 0.1) is 12.2 Å². The van der Waals surface area contributed by atoms with Crippen LogP contribution >= 0.6 is 0 Å². The van der Waals surface area contributed by atoms with Gasteiger partial charge in [0.25, 0.3) is 0 Å². The van der Waals surface area contributed by atoms with Crippen LogP contribution in [0.3, 0.4) is 0 Å². The first-order chi connectivity index (χ1) is 7.97. The Hall–Kier alpha value is -1.89. The highest BCUT2D eigenvalue weighted by atomic mass is 16.6. The van der Waals surface area contributed by atoms with Crippen LogP contribution in [0.1, 0.15) is 13.3 Å². The van der Waals surface area contributed by atoms with Crippen molar-refractivity contribution in [3.8, 4) is 0 Å². The SMILES string of the molecule is CCC(C(=O)OCC1CO1)=C(C(=O)O)C(=O)O. The molecule has 17 heavy (non-hydrogen) atoms. The normalized spacial score (nSPS) is 17.1. The van der Waals surface area contributed by atoms with Crippen molar-refractivity contribution in [2.24, 2.45) is 0 Å². The molecule has 0 aromatic carbocycles. The van der Waals surface area contributed by atoms with E-state index >= 15 is 0 Å². The van der Waals surface area contributed by atoms with E-state index in [0.717, 1.165) is 0 Å². The fraction of sp³-hybridized carbons (Fsp3) is 0.500. The number of hydrogen-bond acceptors (Lipinski definition) is 5. The van der Waals surface area contributed by atoms with Gasteiger partial charge in [-0.2, -0.15) is 0 Å². The van der Waals surface area contributed by atoms with Crippen LogP contribution in [0, 0.1) is 0 Å². The summed E-state index contributed by atoms with van der Waals surface area (Å²) in [5.74, 6) is -4.24. The minimum absolute atomic E-state index is 0.00878. The zero-order chi connectivity index (χ0) is 13.0. The molecule has 1 unspecified atom stereocenters. The number of aliphatic carboxylic acids is 2. The Kier molecular flexibility index (Phi) is 4.22. The summed E-state index contributed by atoms with van der Waals surface area (Å²) >= 11 is 0. The van der Waals surface area contributed by atoms with E-state index in [1.807, 2.05) is 0 Å². The van der Waals surface area contributed by atoms with Gasteiger partial charge < -0.3 is 19.7 Å². The van der Waals surface area contributed by atoms with Gasteiger partial charge in [0, 0.05) is 0 Å². The largest absolute Gasteiger partial charge is 0.477 e. The van der Waals surface area contributed by atoms with Crippen molar-refractivity contribution in [3.05, 3.63) is 11.1 Å². The molecular weight excluding hydrogens is 232 g/mol. The maximum atomic E-state index is 11.5. The van der Waals surface area contributed by atoms with Gasteiger partial charge in [0.1, 0.15) is 12.7 Å². The summed E-state index contributed by atoms with van der Waals surface area (Å²) in [7, 11) is 0. The highest BCUT2D eigenvalue weighted by Gasteiger charge is 2.29. The smallest absolute Gasteiger partial charge is 0.343 e. The van der Waals surface area contributed by atoms with Gasteiger partial charge in [-0.25, -0.2) is 14.4 Å². The minimum Gasteiger partial charge on any atom is -0.477 e. The zero-order valence-electron chi connectivity index (χ0n) is 9.13. The Balaban J connectivity index is 2.83. The quantitative estimate of drug-likeness (QED) is 0.219. The molecule has 7 heteroatoms. The molecule has 0 bridgehead atoms. The molecule has 0 aromatic heterocycles. The monoisotopic (exact) mass is 244 g/mol. The lowest BCUT2D eigenvalue weighted by Gasteiger charge is -2.07. The second-order valence-corrected chi connectivity index (χ2v) is 3.37. The number of carbonyl (C=O) groups excluding carboxylic acids is 1. The molecule has 1 aliphatic heterocycles. The van der Waals surface area contributed by atoms with Gasteiger partial charge in [-0.1, -0.05) is 6.92 Å². The molecule has 1 fully saturated rings. The maximum Gasteiger partial charge on any atom is 0.343 e. The maximum absolute atomic E-state index is 11.5. The predicted octanol–water partition coefficient (Wildman–Crippen LogP) is -0.196. The molecule has 0 amide bonds. The van der Waals surface area contributed by atoms with E-state index < -0.39 is 23.5 Å². The van der Waals surface area contributed by atoms with Gasteiger partial charge in [-0.3, -0.25) is 0 Å². The number of rotatable bonds is 6. The summed E-state index contributed by atoms with van der Waals surface area (Å²) in [4.78, 5) is 32.9. The summed E-state index contributed by atoms with van der Waals surface area (Å²) in [6.45, 7) is 1.98. The Labute approximate surface area is 96.6 Å². The van der Waals surface area contributed by atoms with Crippen molar-refractivity contribution in [3.63, 3.8) is 0 Å². The molecule has 1 atom stereocenters. The number of carboxylic acids is 2. The fourth-order valence-electron chi connectivity index (χ4n) is 1.19. The third kappa shape index (κ3) is 3.56. The van der Waals surface area contributed by atoms with E-state index in [0.29, 0.717) is 6.61 Å². The van der Waals surface area contributed by atoms with E-state index in [1.165, 1.54) is 6.92 Å². The van der Waals surface area contributed by atoms with Crippen molar-refractivity contribution in [1.29, 1.82) is 0 Å².